The number of carbonyl (C=O) groups excluding carboxylic acids is 4. The van der Waals surface area contributed by atoms with Crippen LogP contribution in [0.5, 0.6) is 0 Å². The largest absolute Gasteiger partial charge is 0.444 e. The number of rotatable bonds is 12. The van der Waals surface area contributed by atoms with Gasteiger partial charge in [0.1, 0.15) is 17.7 Å². The highest BCUT2D eigenvalue weighted by Gasteiger charge is 2.44. The topological polar surface area (TPSA) is 151 Å². The highest BCUT2D eigenvalue weighted by atomic mass is 32.1. The van der Waals surface area contributed by atoms with Gasteiger partial charge in [0.25, 0.3) is 0 Å². The summed E-state index contributed by atoms with van der Waals surface area (Å²) in [5.41, 5.74) is 3.68. The van der Waals surface area contributed by atoms with Crippen LogP contribution in [0.3, 0.4) is 0 Å². The normalized spacial score (nSPS) is 21.0. The first-order chi connectivity index (χ1) is 26.0. The average molecular weight is 783 g/mol. The third-order valence-electron chi connectivity index (χ3n) is 10.5. The molecule has 3 aliphatic rings. The number of nitrogens with zero attached hydrogens (tertiary/aromatic N) is 6. The number of aryl methyl sites for hydroxylation is 1. The summed E-state index contributed by atoms with van der Waals surface area (Å²) in [6.07, 6.45) is 0.105. The van der Waals surface area contributed by atoms with Crippen LogP contribution in [0.2, 0.25) is 0 Å². The summed E-state index contributed by atoms with van der Waals surface area (Å²) in [5.74, 6) is -0.923. The molecule has 3 saturated heterocycles. The Morgan fingerprint density at radius 1 is 0.909 bits per heavy atom. The number of likely N-dealkylation sites (tertiary alicyclic amines) is 1. The Kier molecular flexibility index (Phi) is 14.3. The third-order valence-corrected chi connectivity index (χ3v) is 11.5. The van der Waals surface area contributed by atoms with Crippen molar-refractivity contribution in [2.24, 2.45) is 5.41 Å². The lowest BCUT2D eigenvalue weighted by atomic mass is 9.85. The number of benzene rings is 1. The molecule has 304 valence electrons. The zero-order chi connectivity index (χ0) is 39.9. The molecule has 0 saturated carbocycles. The molecule has 14 nitrogen and oxygen atoms in total. The maximum Gasteiger partial charge on any atom is 0.410 e. The number of aliphatic hydroxyl groups excluding tert-OH is 1. The van der Waals surface area contributed by atoms with Crippen LogP contribution >= 0.6 is 11.3 Å². The van der Waals surface area contributed by atoms with Gasteiger partial charge in [-0.3, -0.25) is 24.2 Å². The lowest BCUT2D eigenvalue weighted by molar-refractivity contribution is -0.144. The highest BCUT2D eigenvalue weighted by Crippen LogP contribution is 2.28. The molecule has 4 amide bonds. The van der Waals surface area contributed by atoms with E-state index in [9.17, 15) is 24.3 Å². The van der Waals surface area contributed by atoms with Gasteiger partial charge in [-0.2, -0.15) is 0 Å². The first-order valence-electron chi connectivity index (χ1n) is 19.7. The Hall–Kier alpha value is -3.63. The number of β-amino-alcohol motifs (C(OH)–C–C–N with tert-alkyl or cyclic N) is 1. The molecule has 3 N–H and O–H groups in total. The zero-order valence-electron chi connectivity index (χ0n) is 33.8. The van der Waals surface area contributed by atoms with Crippen molar-refractivity contribution in [3.05, 3.63) is 41.0 Å². The lowest BCUT2D eigenvalue weighted by Crippen LogP contribution is -2.59. The Labute approximate surface area is 330 Å². The van der Waals surface area contributed by atoms with Gasteiger partial charge in [0, 0.05) is 71.9 Å². The van der Waals surface area contributed by atoms with Gasteiger partial charge in [-0.15, -0.1) is 11.3 Å². The van der Waals surface area contributed by atoms with Gasteiger partial charge < -0.3 is 35.2 Å². The van der Waals surface area contributed by atoms with Crippen LogP contribution in [0.25, 0.3) is 10.4 Å². The second kappa shape index (κ2) is 18.5. The monoisotopic (exact) mass is 782 g/mol. The number of aliphatic hydroxyl groups is 1. The second-order valence-electron chi connectivity index (χ2n) is 17.2. The molecule has 1 aromatic heterocycles. The summed E-state index contributed by atoms with van der Waals surface area (Å²) in [4.78, 5) is 68.9. The molecule has 3 fully saturated rings. The molecular formula is C40H62N8O6S. The molecular weight excluding hydrogens is 721 g/mol. The van der Waals surface area contributed by atoms with E-state index in [2.05, 4.69) is 30.3 Å². The highest BCUT2D eigenvalue weighted by molar-refractivity contribution is 7.13. The Balaban J connectivity index is 1.04. The fourth-order valence-corrected chi connectivity index (χ4v) is 8.17. The van der Waals surface area contributed by atoms with Crippen LogP contribution in [-0.2, 0) is 25.7 Å². The lowest BCUT2D eigenvalue weighted by Gasteiger charge is -2.37. The smallest absolute Gasteiger partial charge is 0.410 e. The van der Waals surface area contributed by atoms with Crippen molar-refractivity contribution in [2.45, 2.75) is 91.6 Å². The minimum absolute atomic E-state index is 0.0342. The fourth-order valence-electron chi connectivity index (χ4n) is 7.36. The predicted octanol–water partition coefficient (Wildman–Crippen LogP) is 2.79. The summed E-state index contributed by atoms with van der Waals surface area (Å²) < 4.78 is 5.51. The molecule has 3 atom stereocenters. The van der Waals surface area contributed by atoms with Gasteiger partial charge in [-0.05, 0) is 63.7 Å². The van der Waals surface area contributed by atoms with E-state index in [0.29, 0.717) is 13.1 Å². The first-order valence-corrected chi connectivity index (χ1v) is 20.5. The predicted molar refractivity (Wildman–Crippen MR) is 213 cm³/mol. The number of thiazole rings is 1. The van der Waals surface area contributed by atoms with E-state index in [1.165, 1.54) is 4.90 Å². The standard InChI is InChI=1S/C40H62N8O6S/c1-28-34(55-27-42-28)30-11-9-29(10-12-30)24-41-36(51)32-23-31(49)25-48(32)37(52)35(39(2,3)4)43-33(50)26-46-17-15-44(16-18-46)13-8-14-45-19-21-47(22-20-45)38(53)54-40(5,6)7/h9-12,27,31-32,35,49H,8,13-26H2,1-7H3,(H,41,51)(H,43,50)/t31-,32+,35-/m1/s1. The molecule has 5 rings (SSSR count). The van der Waals surface area contributed by atoms with Crippen molar-refractivity contribution >= 4 is 35.2 Å². The van der Waals surface area contributed by atoms with Crippen LogP contribution in [0.15, 0.2) is 29.8 Å². The summed E-state index contributed by atoms with van der Waals surface area (Å²) in [6.45, 7) is 22.1. The van der Waals surface area contributed by atoms with Gasteiger partial charge >= 0.3 is 6.09 Å². The van der Waals surface area contributed by atoms with Crippen molar-refractivity contribution in [1.82, 2.24) is 40.1 Å². The summed E-state index contributed by atoms with van der Waals surface area (Å²) in [6, 6.07) is 6.25. The van der Waals surface area contributed by atoms with Gasteiger partial charge in [-0.1, -0.05) is 45.0 Å². The number of amides is 4. The van der Waals surface area contributed by atoms with Crippen molar-refractivity contribution in [3.8, 4) is 10.4 Å². The second-order valence-corrected chi connectivity index (χ2v) is 18.1. The maximum absolute atomic E-state index is 14.1. The van der Waals surface area contributed by atoms with Crippen molar-refractivity contribution in [3.63, 3.8) is 0 Å². The molecule has 0 bridgehead atoms. The van der Waals surface area contributed by atoms with Crippen molar-refractivity contribution in [2.75, 3.05) is 78.5 Å². The molecule has 3 aliphatic heterocycles. The molecule has 0 aliphatic carbocycles. The van der Waals surface area contributed by atoms with Gasteiger partial charge in [0.2, 0.25) is 17.7 Å². The van der Waals surface area contributed by atoms with Crippen LogP contribution in [0, 0.1) is 12.3 Å². The van der Waals surface area contributed by atoms with Gasteiger partial charge in [0.05, 0.1) is 28.7 Å². The Morgan fingerprint density at radius 2 is 1.51 bits per heavy atom. The van der Waals surface area contributed by atoms with E-state index in [1.807, 2.05) is 78.2 Å². The number of piperazine rings is 2. The van der Waals surface area contributed by atoms with Gasteiger partial charge in [-0.25, -0.2) is 9.78 Å². The van der Waals surface area contributed by atoms with Crippen LogP contribution in [0.4, 0.5) is 4.79 Å². The minimum atomic E-state index is -0.865. The van der Waals surface area contributed by atoms with E-state index in [-0.39, 0.29) is 49.9 Å². The van der Waals surface area contributed by atoms with Crippen molar-refractivity contribution < 1.29 is 29.0 Å². The number of aromatic nitrogens is 1. The fraction of sp³-hybridized carbons (Fsp3) is 0.675. The quantitative estimate of drug-likeness (QED) is 0.294. The molecule has 0 unspecified atom stereocenters. The number of hydrogen-bond donors (Lipinski definition) is 3. The Bertz CT molecular complexity index is 1610. The van der Waals surface area contributed by atoms with E-state index in [4.69, 9.17) is 4.74 Å². The SMILES string of the molecule is Cc1ncsc1-c1ccc(CNC(=O)[C@@H]2C[C@@H](O)CN2C(=O)[C@@H](NC(=O)CN2CCN(CCCN3CCN(C(=O)OC(C)(C)C)CC3)CC2)C(C)(C)C)cc1. The molecule has 55 heavy (non-hydrogen) atoms. The summed E-state index contributed by atoms with van der Waals surface area (Å²) >= 11 is 1.59. The zero-order valence-corrected chi connectivity index (χ0v) is 34.6. The number of nitrogens with one attached hydrogen (secondary N) is 2. The number of ether oxygens (including phenoxy) is 1. The molecule has 15 heteroatoms. The Morgan fingerprint density at radius 3 is 2.07 bits per heavy atom. The molecule has 0 spiro atoms. The van der Waals surface area contributed by atoms with Crippen LogP contribution in [0.1, 0.15) is 65.6 Å². The molecule has 4 heterocycles. The number of hydrogen-bond acceptors (Lipinski definition) is 11. The van der Waals surface area contributed by atoms with Crippen LogP contribution < -0.4 is 10.6 Å². The molecule has 1 aromatic carbocycles. The molecule has 2 aromatic rings. The van der Waals surface area contributed by atoms with Gasteiger partial charge in [0.15, 0.2) is 0 Å². The van der Waals surface area contributed by atoms with E-state index >= 15 is 0 Å². The minimum Gasteiger partial charge on any atom is -0.444 e. The van der Waals surface area contributed by atoms with E-state index in [1.54, 1.807) is 16.2 Å². The maximum atomic E-state index is 14.1. The summed E-state index contributed by atoms with van der Waals surface area (Å²) in [5, 5.41) is 16.5. The van der Waals surface area contributed by atoms with Crippen LogP contribution in [-0.4, -0.2) is 161 Å². The van der Waals surface area contributed by atoms with E-state index in [0.717, 1.165) is 80.5 Å². The average Bonchev–Trinajstić information content (AvgIpc) is 3.74. The molecule has 0 radical (unpaired) electrons. The van der Waals surface area contributed by atoms with Crippen molar-refractivity contribution in [1.29, 1.82) is 0 Å². The summed E-state index contributed by atoms with van der Waals surface area (Å²) in [7, 11) is 0. The van der Waals surface area contributed by atoms with E-state index < -0.39 is 29.2 Å². The first kappa shape index (κ1) is 42.5. The third kappa shape index (κ3) is 12.2. The number of carbonyl (C=O) groups is 4.